The number of hydrogen-bond donors (Lipinski definition) is 1. The summed E-state index contributed by atoms with van der Waals surface area (Å²) < 4.78 is 0. The van der Waals surface area contributed by atoms with E-state index in [1.54, 1.807) is 39.8 Å². The topological polar surface area (TPSA) is 69.7 Å². The number of anilines is 1. The van der Waals surface area contributed by atoms with Crippen molar-refractivity contribution < 1.29 is 14.4 Å². The summed E-state index contributed by atoms with van der Waals surface area (Å²) >= 11 is 7.58. The molecule has 8 heteroatoms. The molecule has 2 aliphatic heterocycles. The van der Waals surface area contributed by atoms with Crippen molar-refractivity contribution in [1.82, 2.24) is 10.2 Å². The fourth-order valence-corrected chi connectivity index (χ4v) is 4.68. The van der Waals surface area contributed by atoms with E-state index in [-0.39, 0.29) is 29.7 Å². The molecule has 2 atom stereocenters. The summed E-state index contributed by atoms with van der Waals surface area (Å²) in [4.78, 5) is 41.3. The summed E-state index contributed by atoms with van der Waals surface area (Å²) in [6.45, 7) is 6.06. The zero-order chi connectivity index (χ0) is 19.8. The molecule has 2 heterocycles. The van der Waals surface area contributed by atoms with Crippen molar-refractivity contribution in [2.45, 2.75) is 38.8 Å². The van der Waals surface area contributed by atoms with Crippen LogP contribution in [0.3, 0.4) is 0 Å². The molecular formula is C19H24ClN3O3S. The number of amides is 3. The first kappa shape index (κ1) is 20.0. The van der Waals surface area contributed by atoms with Gasteiger partial charge in [-0.05, 0) is 39.0 Å². The Morgan fingerprint density at radius 3 is 2.70 bits per heavy atom. The van der Waals surface area contributed by atoms with Crippen molar-refractivity contribution in [1.29, 1.82) is 0 Å². The van der Waals surface area contributed by atoms with E-state index in [4.69, 9.17) is 11.6 Å². The van der Waals surface area contributed by atoms with Crippen LogP contribution in [0.1, 0.15) is 27.2 Å². The van der Waals surface area contributed by atoms with Crippen LogP contribution >= 0.6 is 23.4 Å². The number of carbonyl (C=O) groups is 3. The van der Waals surface area contributed by atoms with Gasteiger partial charge in [0.1, 0.15) is 6.04 Å². The summed E-state index contributed by atoms with van der Waals surface area (Å²) in [5.41, 5.74) is 0.340. The predicted octanol–water partition coefficient (Wildman–Crippen LogP) is 2.51. The molecule has 0 bridgehead atoms. The largest absolute Gasteiger partial charge is 0.350 e. The van der Waals surface area contributed by atoms with E-state index in [1.165, 1.54) is 0 Å². The van der Waals surface area contributed by atoms with Crippen LogP contribution in [0, 0.1) is 5.92 Å². The second kappa shape index (κ2) is 7.72. The van der Waals surface area contributed by atoms with Gasteiger partial charge in [-0.2, -0.15) is 0 Å². The van der Waals surface area contributed by atoms with Crippen molar-refractivity contribution >= 4 is 46.8 Å². The first-order valence-electron chi connectivity index (χ1n) is 8.92. The molecule has 2 fully saturated rings. The zero-order valence-corrected chi connectivity index (χ0v) is 17.3. The quantitative estimate of drug-likeness (QED) is 0.832. The smallest absolute Gasteiger partial charge is 0.244 e. The third-order valence-electron chi connectivity index (χ3n) is 4.56. The Morgan fingerprint density at radius 1 is 1.30 bits per heavy atom. The maximum Gasteiger partial charge on any atom is 0.244 e. The molecule has 3 amide bonds. The standard InChI is InChI=1S/C19H24ClN3O3S/c1-19(2,3)21-17(25)15-10-27-11-23(15)18(26)12-7-16(24)22(9-12)14-6-4-5-13(20)8-14/h4-6,8,12,15H,7,9-11H2,1-3H3,(H,21,25)/t12-,15+/m0/s1. The molecule has 0 spiro atoms. The van der Waals surface area contributed by atoms with E-state index < -0.39 is 12.0 Å². The molecule has 6 nitrogen and oxygen atoms in total. The van der Waals surface area contributed by atoms with E-state index >= 15 is 0 Å². The maximum atomic E-state index is 13.0. The van der Waals surface area contributed by atoms with Gasteiger partial charge in [-0.25, -0.2) is 0 Å². The first-order chi connectivity index (χ1) is 12.7. The number of nitrogens with zero attached hydrogens (tertiary/aromatic N) is 2. The molecule has 0 saturated carbocycles. The molecule has 0 aliphatic carbocycles. The van der Waals surface area contributed by atoms with Gasteiger partial charge in [-0.1, -0.05) is 17.7 Å². The number of rotatable bonds is 3. The van der Waals surface area contributed by atoms with Crippen LogP contribution in [0.25, 0.3) is 0 Å². The molecule has 2 saturated heterocycles. The number of nitrogens with one attached hydrogen (secondary N) is 1. The molecule has 27 heavy (non-hydrogen) atoms. The Hall–Kier alpha value is -1.73. The Balaban J connectivity index is 1.70. The monoisotopic (exact) mass is 409 g/mol. The molecule has 2 aliphatic rings. The van der Waals surface area contributed by atoms with E-state index in [0.29, 0.717) is 28.9 Å². The van der Waals surface area contributed by atoms with Gasteiger partial charge in [0.15, 0.2) is 0 Å². The van der Waals surface area contributed by atoms with Crippen molar-refractivity contribution in [3.63, 3.8) is 0 Å². The minimum atomic E-state index is -0.489. The molecule has 1 aromatic rings. The van der Waals surface area contributed by atoms with Gasteiger partial charge in [0, 0.05) is 35.0 Å². The molecule has 3 rings (SSSR count). The van der Waals surface area contributed by atoms with Crippen LogP contribution < -0.4 is 10.2 Å². The predicted molar refractivity (Wildman–Crippen MR) is 108 cm³/mol. The summed E-state index contributed by atoms with van der Waals surface area (Å²) in [6.07, 6.45) is 0.153. The number of halogens is 1. The first-order valence-corrected chi connectivity index (χ1v) is 10.4. The fraction of sp³-hybridized carbons (Fsp3) is 0.526. The summed E-state index contributed by atoms with van der Waals surface area (Å²) in [7, 11) is 0. The average molecular weight is 410 g/mol. The minimum Gasteiger partial charge on any atom is -0.350 e. The molecule has 1 N–H and O–H groups in total. The lowest BCUT2D eigenvalue weighted by atomic mass is 10.1. The number of carbonyl (C=O) groups excluding carboxylic acids is 3. The van der Waals surface area contributed by atoms with Gasteiger partial charge in [0.2, 0.25) is 17.7 Å². The highest BCUT2D eigenvalue weighted by atomic mass is 35.5. The van der Waals surface area contributed by atoms with Crippen LogP contribution in [0.5, 0.6) is 0 Å². The van der Waals surface area contributed by atoms with Gasteiger partial charge in [0.25, 0.3) is 0 Å². The van der Waals surface area contributed by atoms with Gasteiger partial charge in [0.05, 0.1) is 11.8 Å². The fourth-order valence-electron chi connectivity index (χ4n) is 3.33. The third-order valence-corrected chi connectivity index (χ3v) is 5.81. The van der Waals surface area contributed by atoms with Crippen LogP contribution in [0.2, 0.25) is 5.02 Å². The number of hydrogen-bond acceptors (Lipinski definition) is 4. The number of benzene rings is 1. The molecule has 0 aromatic heterocycles. The Bertz CT molecular complexity index is 765. The lowest BCUT2D eigenvalue weighted by Crippen LogP contribution is -2.53. The summed E-state index contributed by atoms with van der Waals surface area (Å²) in [5, 5.41) is 3.49. The summed E-state index contributed by atoms with van der Waals surface area (Å²) in [5.74, 6) is 0.233. The normalized spacial score (nSPS) is 23.0. The lowest BCUT2D eigenvalue weighted by Gasteiger charge is -2.29. The Morgan fingerprint density at radius 2 is 2.04 bits per heavy atom. The highest BCUT2D eigenvalue weighted by molar-refractivity contribution is 7.99. The van der Waals surface area contributed by atoms with E-state index in [9.17, 15) is 14.4 Å². The van der Waals surface area contributed by atoms with Crippen LogP contribution in [0.4, 0.5) is 5.69 Å². The maximum absolute atomic E-state index is 13.0. The second-order valence-corrected chi connectivity index (χ2v) is 9.38. The third kappa shape index (κ3) is 4.58. The van der Waals surface area contributed by atoms with Gasteiger partial charge in [-0.3, -0.25) is 14.4 Å². The van der Waals surface area contributed by atoms with Crippen molar-refractivity contribution in [2.75, 3.05) is 23.1 Å². The van der Waals surface area contributed by atoms with Crippen LogP contribution in [-0.2, 0) is 14.4 Å². The van der Waals surface area contributed by atoms with Crippen molar-refractivity contribution in [3.05, 3.63) is 29.3 Å². The highest BCUT2D eigenvalue weighted by Crippen LogP contribution is 2.31. The molecular weight excluding hydrogens is 386 g/mol. The zero-order valence-electron chi connectivity index (χ0n) is 15.7. The van der Waals surface area contributed by atoms with E-state index in [2.05, 4.69) is 5.32 Å². The second-order valence-electron chi connectivity index (χ2n) is 7.95. The lowest BCUT2D eigenvalue weighted by molar-refractivity contribution is -0.141. The Labute approximate surface area is 168 Å². The van der Waals surface area contributed by atoms with Crippen molar-refractivity contribution in [3.8, 4) is 0 Å². The van der Waals surface area contributed by atoms with Crippen LogP contribution in [0.15, 0.2) is 24.3 Å². The van der Waals surface area contributed by atoms with Crippen molar-refractivity contribution in [2.24, 2.45) is 5.92 Å². The van der Waals surface area contributed by atoms with E-state index in [0.717, 1.165) is 0 Å². The molecule has 1 aromatic carbocycles. The van der Waals surface area contributed by atoms with Crippen LogP contribution in [-0.4, -0.2) is 52.4 Å². The SMILES string of the molecule is CC(C)(C)NC(=O)[C@H]1CSCN1C(=O)[C@H]1CC(=O)N(c2cccc(Cl)c2)C1. The van der Waals surface area contributed by atoms with Gasteiger partial charge >= 0.3 is 0 Å². The Kier molecular flexibility index (Phi) is 5.72. The average Bonchev–Trinajstić information content (AvgIpc) is 3.19. The highest BCUT2D eigenvalue weighted by Gasteiger charge is 2.42. The number of thioether (sulfide) groups is 1. The molecule has 146 valence electrons. The minimum absolute atomic E-state index is 0.0989. The van der Waals surface area contributed by atoms with E-state index in [1.807, 2.05) is 26.8 Å². The molecule has 0 unspecified atom stereocenters. The van der Waals surface area contributed by atoms with Gasteiger partial charge in [-0.15, -0.1) is 11.8 Å². The molecule has 0 radical (unpaired) electrons. The summed E-state index contributed by atoms with van der Waals surface area (Å²) in [6, 6.07) is 6.56. The van der Waals surface area contributed by atoms with Gasteiger partial charge < -0.3 is 15.1 Å².